The highest BCUT2D eigenvalue weighted by atomic mass is 31.2. The average molecular weight is 817 g/mol. The van der Waals surface area contributed by atoms with Crippen molar-refractivity contribution in [2.75, 3.05) is 19.8 Å². The summed E-state index contributed by atoms with van der Waals surface area (Å²) in [5, 5.41) is 50.1. The maximum atomic E-state index is 12.8. The van der Waals surface area contributed by atoms with Gasteiger partial charge in [0.1, 0.15) is 42.7 Å². The number of aliphatic hydroxyl groups excluding tert-OH is 5. The molecule has 326 valence electrons. The van der Waals surface area contributed by atoms with E-state index in [1.54, 1.807) is 0 Å². The lowest BCUT2D eigenvalue weighted by Gasteiger charge is -2.41. The minimum absolute atomic E-state index is 0.0977. The second-order valence-electron chi connectivity index (χ2n) is 14.8. The highest BCUT2D eigenvalue weighted by molar-refractivity contribution is 7.47. The maximum Gasteiger partial charge on any atom is 0.472 e. The number of rotatable bonds is 35. The van der Waals surface area contributed by atoms with Gasteiger partial charge in [0.2, 0.25) is 0 Å². The first kappa shape index (κ1) is 52.3. The van der Waals surface area contributed by atoms with Gasteiger partial charge in [-0.15, -0.1) is 0 Å². The number of unbranched alkanes of at least 4 members (excludes halogenated alkanes) is 15. The van der Waals surface area contributed by atoms with Crippen LogP contribution in [-0.4, -0.2) is 98.9 Å². The summed E-state index contributed by atoms with van der Waals surface area (Å²) in [5.41, 5.74) is 0. The van der Waals surface area contributed by atoms with E-state index < -0.39 is 63.1 Å². The van der Waals surface area contributed by atoms with Gasteiger partial charge < -0.3 is 39.9 Å². The molecule has 0 saturated heterocycles. The molecule has 12 nitrogen and oxygen atoms in total. The highest BCUT2D eigenvalue weighted by Gasteiger charge is 2.51. The molecule has 0 amide bonds. The van der Waals surface area contributed by atoms with Gasteiger partial charge in [0, 0.05) is 13.0 Å². The van der Waals surface area contributed by atoms with Gasteiger partial charge in [0.05, 0.1) is 13.2 Å². The third kappa shape index (κ3) is 26.3. The SMILES string of the molecule is CC/C=C\C/C=C\C/C=C\C/C=C\CCCCCOCC(COP(=O)(O)OC1C(O)C(O)C(O)C(O)C1O)OC(=O)CCCCCCCCCCCCCCC. The predicted molar refractivity (Wildman–Crippen MR) is 221 cm³/mol. The lowest BCUT2D eigenvalue weighted by atomic mass is 9.85. The largest absolute Gasteiger partial charge is 0.472 e. The zero-order valence-electron chi connectivity index (χ0n) is 34.4. The van der Waals surface area contributed by atoms with E-state index >= 15 is 0 Å². The fraction of sp³-hybridized carbons (Fsp3) is 0.791. The van der Waals surface area contributed by atoms with Crippen molar-refractivity contribution in [3.8, 4) is 0 Å². The molecule has 56 heavy (non-hydrogen) atoms. The van der Waals surface area contributed by atoms with Crippen LogP contribution in [0.1, 0.15) is 155 Å². The number of aliphatic hydroxyl groups is 5. The minimum atomic E-state index is -5.02. The molecule has 6 atom stereocenters. The quantitative estimate of drug-likeness (QED) is 0.0156. The van der Waals surface area contributed by atoms with Gasteiger partial charge in [-0.1, -0.05) is 146 Å². The monoisotopic (exact) mass is 817 g/mol. The van der Waals surface area contributed by atoms with Crippen LogP contribution in [0.25, 0.3) is 0 Å². The van der Waals surface area contributed by atoms with Crippen LogP contribution in [0.3, 0.4) is 0 Å². The van der Waals surface area contributed by atoms with Crippen LogP contribution in [0.5, 0.6) is 0 Å². The van der Waals surface area contributed by atoms with Crippen molar-refractivity contribution in [1.29, 1.82) is 0 Å². The van der Waals surface area contributed by atoms with E-state index in [-0.39, 0.29) is 13.0 Å². The molecule has 0 radical (unpaired) electrons. The molecule has 0 spiro atoms. The number of allylic oxidation sites excluding steroid dienone is 8. The molecule has 1 aliphatic rings. The standard InChI is InChI=1S/C43H77O12P/c1-3-5-7-9-11-13-15-17-18-19-21-23-25-27-29-31-33-52-34-36(35-53-56(50,51)55-43-41(48)39(46)38(45)40(47)42(43)49)54-37(44)32-30-28-26-24-22-20-16-14-12-10-8-6-4-2/h5,7,11,13,17-18,21,23,36,38-43,45-49H,3-4,6,8-10,12,14-16,19-20,22,24-35H2,1-2H3,(H,50,51)/b7-5-,13-11-,18-17-,23-21-. The Hall–Kier alpha value is -1.70. The molecule has 1 rings (SSSR count). The van der Waals surface area contributed by atoms with Crippen molar-refractivity contribution < 1.29 is 58.3 Å². The van der Waals surface area contributed by atoms with Crippen LogP contribution in [0, 0.1) is 0 Å². The zero-order chi connectivity index (χ0) is 41.3. The Morgan fingerprint density at radius 2 is 1.05 bits per heavy atom. The van der Waals surface area contributed by atoms with Crippen LogP contribution < -0.4 is 0 Å². The van der Waals surface area contributed by atoms with Gasteiger partial charge >= 0.3 is 13.8 Å². The summed E-state index contributed by atoms with van der Waals surface area (Å²) in [7, 11) is -5.02. The average Bonchev–Trinajstić information content (AvgIpc) is 3.18. The van der Waals surface area contributed by atoms with Crippen LogP contribution in [-0.2, 0) is 27.9 Å². The number of phosphoric acid groups is 1. The van der Waals surface area contributed by atoms with Gasteiger partial charge in [-0.3, -0.25) is 13.8 Å². The van der Waals surface area contributed by atoms with Gasteiger partial charge in [-0.25, -0.2) is 4.57 Å². The Kier molecular flexibility index (Phi) is 31.9. The second-order valence-corrected chi connectivity index (χ2v) is 16.2. The van der Waals surface area contributed by atoms with Gasteiger partial charge in [0.15, 0.2) is 0 Å². The number of ether oxygens (including phenoxy) is 2. The van der Waals surface area contributed by atoms with Crippen LogP contribution in [0.2, 0.25) is 0 Å². The van der Waals surface area contributed by atoms with Crippen LogP contribution in [0.4, 0.5) is 0 Å². The van der Waals surface area contributed by atoms with Crippen LogP contribution in [0.15, 0.2) is 48.6 Å². The number of carbonyl (C=O) groups excluding carboxylic acids is 1. The number of phosphoric ester groups is 1. The fourth-order valence-corrected chi connectivity index (χ4v) is 7.26. The van der Waals surface area contributed by atoms with Crippen molar-refractivity contribution in [3.05, 3.63) is 48.6 Å². The van der Waals surface area contributed by atoms with E-state index in [0.29, 0.717) is 13.0 Å². The highest BCUT2D eigenvalue weighted by Crippen LogP contribution is 2.47. The third-order valence-electron chi connectivity index (χ3n) is 9.72. The molecule has 1 fully saturated rings. The van der Waals surface area contributed by atoms with Gasteiger partial charge in [-0.05, 0) is 51.4 Å². The molecule has 1 saturated carbocycles. The van der Waals surface area contributed by atoms with Crippen molar-refractivity contribution in [2.24, 2.45) is 0 Å². The van der Waals surface area contributed by atoms with Crippen molar-refractivity contribution >= 4 is 13.8 Å². The summed E-state index contributed by atoms with van der Waals surface area (Å²) in [6, 6.07) is 0. The summed E-state index contributed by atoms with van der Waals surface area (Å²) < 4.78 is 34.1. The predicted octanol–water partition coefficient (Wildman–Crippen LogP) is 8.08. The Balaban J connectivity index is 2.46. The molecule has 0 aromatic heterocycles. The second kappa shape index (κ2) is 34.2. The molecule has 1 aliphatic carbocycles. The molecule has 6 N–H and O–H groups in total. The first-order chi connectivity index (χ1) is 27.0. The Morgan fingerprint density at radius 1 is 0.589 bits per heavy atom. The lowest BCUT2D eigenvalue weighted by molar-refractivity contribution is -0.220. The van der Waals surface area contributed by atoms with Gasteiger partial charge in [-0.2, -0.15) is 0 Å². The van der Waals surface area contributed by atoms with E-state index in [1.165, 1.54) is 57.8 Å². The summed E-state index contributed by atoms with van der Waals surface area (Å²) >= 11 is 0. The number of carbonyl (C=O) groups is 1. The number of hydrogen-bond donors (Lipinski definition) is 6. The first-order valence-electron chi connectivity index (χ1n) is 21.5. The van der Waals surface area contributed by atoms with E-state index in [4.69, 9.17) is 18.5 Å². The summed E-state index contributed by atoms with van der Waals surface area (Å²) in [6.45, 7) is 4.06. The smallest absolute Gasteiger partial charge is 0.457 e. The van der Waals surface area contributed by atoms with Crippen molar-refractivity contribution in [1.82, 2.24) is 0 Å². The molecule has 0 heterocycles. The van der Waals surface area contributed by atoms with E-state index in [9.17, 15) is 39.8 Å². The van der Waals surface area contributed by atoms with E-state index in [2.05, 4.69) is 62.5 Å². The van der Waals surface area contributed by atoms with Crippen molar-refractivity contribution in [3.63, 3.8) is 0 Å². The maximum absolute atomic E-state index is 12.8. The topological polar surface area (TPSA) is 192 Å². The molecule has 0 aromatic rings. The Morgan fingerprint density at radius 3 is 1.59 bits per heavy atom. The summed E-state index contributed by atoms with van der Waals surface area (Å²) in [4.78, 5) is 23.1. The molecule has 13 heteroatoms. The van der Waals surface area contributed by atoms with Crippen LogP contribution >= 0.6 is 7.82 Å². The fourth-order valence-electron chi connectivity index (χ4n) is 6.29. The third-order valence-corrected chi connectivity index (χ3v) is 10.7. The Labute approximate surface area is 337 Å². The zero-order valence-corrected chi connectivity index (χ0v) is 35.3. The molecule has 6 unspecified atom stereocenters. The molecule has 0 bridgehead atoms. The normalized spacial score (nSPS) is 23.5. The van der Waals surface area contributed by atoms with E-state index in [1.807, 2.05) is 0 Å². The van der Waals surface area contributed by atoms with Crippen molar-refractivity contribution in [2.45, 2.75) is 198 Å². The molecule has 0 aliphatic heterocycles. The molecular formula is C43H77O12P. The number of hydrogen-bond acceptors (Lipinski definition) is 11. The Bertz CT molecular complexity index is 1110. The summed E-state index contributed by atoms with van der Waals surface area (Å²) in [6.07, 6.45) is 27.6. The molecular weight excluding hydrogens is 739 g/mol. The minimum Gasteiger partial charge on any atom is -0.457 e. The summed E-state index contributed by atoms with van der Waals surface area (Å²) in [5.74, 6) is -0.491. The lowest BCUT2D eigenvalue weighted by Crippen LogP contribution is -2.64. The molecule has 0 aromatic carbocycles. The number of esters is 1. The van der Waals surface area contributed by atoms with Gasteiger partial charge in [0.25, 0.3) is 0 Å². The van der Waals surface area contributed by atoms with E-state index in [0.717, 1.165) is 70.6 Å². The first-order valence-corrected chi connectivity index (χ1v) is 23.0.